The summed E-state index contributed by atoms with van der Waals surface area (Å²) in [6, 6.07) is 16.5. The van der Waals surface area contributed by atoms with Crippen LogP contribution in [0.3, 0.4) is 0 Å². The van der Waals surface area contributed by atoms with E-state index in [-0.39, 0.29) is 41.9 Å². The van der Waals surface area contributed by atoms with E-state index < -0.39 is 17.6 Å². The summed E-state index contributed by atoms with van der Waals surface area (Å²) in [5.74, 6) is -0.454. The van der Waals surface area contributed by atoms with Gasteiger partial charge in [0.1, 0.15) is 17.3 Å². The first kappa shape index (κ1) is 38.6. The summed E-state index contributed by atoms with van der Waals surface area (Å²) in [7, 11) is 3.44. The minimum Gasteiger partial charge on any atom is -0.507 e. The van der Waals surface area contributed by atoms with Crippen LogP contribution in [0.25, 0.3) is 33.2 Å². The molecular formula is C42H44ClF4N5O3. The number of rotatable bonds is 12. The van der Waals surface area contributed by atoms with E-state index in [2.05, 4.69) is 20.6 Å². The molecule has 1 aliphatic carbocycles. The van der Waals surface area contributed by atoms with E-state index in [9.17, 15) is 23.1 Å². The van der Waals surface area contributed by atoms with Crippen LogP contribution in [0, 0.1) is 5.82 Å². The summed E-state index contributed by atoms with van der Waals surface area (Å²) in [4.78, 5) is 13.6. The fourth-order valence-corrected chi connectivity index (χ4v) is 8.37. The minimum atomic E-state index is -4.60. The fourth-order valence-electron chi connectivity index (χ4n) is 8.04. The second kappa shape index (κ2) is 16.2. The number of phenols is 1. The highest BCUT2D eigenvalue weighted by Gasteiger charge is 2.35. The lowest BCUT2D eigenvalue weighted by Crippen LogP contribution is -2.35. The Kier molecular flexibility index (Phi) is 11.4. The van der Waals surface area contributed by atoms with Gasteiger partial charge in [-0.15, -0.1) is 0 Å². The lowest BCUT2D eigenvalue weighted by molar-refractivity contribution is -0.138. The lowest BCUT2D eigenvalue weighted by atomic mass is 9.94. The highest BCUT2D eigenvalue weighted by Crippen LogP contribution is 2.42. The van der Waals surface area contributed by atoms with E-state index in [4.69, 9.17) is 16.3 Å². The summed E-state index contributed by atoms with van der Waals surface area (Å²) >= 11 is 7.01. The highest BCUT2D eigenvalue weighted by molar-refractivity contribution is 6.36. The van der Waals surface area contributed by atoms with Crippen LogP contribution in [0.4, 0.5) is 17.6 Å². The smallest absolute Gasteiger partial charge is 0.416 e. The van der Waals surface area contributed by atoms with E-state index in [1.807, 2.05) is 19.2 Å². The van der Waals surface area contributed by atoms with E-state index >= 15 is 4.39 Å². The summed E-state index contributed by atoms with van der Waals surface area (Å²) < 4.78 is 66.5. The third-order valence-corrected chi connectivity index (χ3v) is 11.4. The van der Waals surface area contributed by atoms with Gasteiger partial charge in [0.2, 0.25) is 5.91 Å². The average Bonchev–Trinajstić information content (AvgIpc) is 3.78. The summed E-state index contributed by atoms with van der Waals surface area (Å²) in [6.07, 6.45) is 3.67. The van der Waals surface area contributed by atoms with Crippen LogP contribution in [-0.4, -0.2) is 58.5 Å². The summed E-state index contributed by atoms with van der Waals surface area (Å²) in [5, 5.41) is 22.3. The number of hydrogen-bond acceptors (Lipinski definition) is 6. The van der Waals surface area contributed by atoms with Crippen LogP contribution in [0.2, 0.25) is 5.02 Å². The number of aromatic nitrogens is 2. The fraction of sp³-hybridized carbons (Fsp3) is 0.381. The zero-order valence-corrected chi connectivity index (χ0v) is 31.5. The third kappa shape index (κ3) is 8.32. The molecule has 7 rings (SSSR count). The van der Waals surface area contributed by atoms with Crippen LogP contribution in [0.5, 0.6) is 11.5 Å². The lowest BCUT2D eigenvalue weighted by Gasteiger charge is -2.32. The molecule has 13 heteroatoms. The number of halogens is 5. The number of nitrogens with zero attached hydrogens (tertiary/aromatic N) is 3. The van der Waals surface area contributed by atoms with Gasteiger partial charge in [0.15, 0.2) is 0 Å². The van der Waals surface area contributed by atoms with Gasteiger partial charge < -0.3 is 20.5 Å². The van der Waals surface area contributed by atoms with Crippen LogP contribution in [0.1, 0.15) is 67.2 Å². The molecule has 5 aromatic rings. The van der Waals surface area contributed by atoms with E-state index in [1.165, 1.54) is 42.5 Å². The van der Waals surface area contributed by atoms with Crippen molar-refractivity contribution in [3.8, 4) is 33.8 Å². The molecule has 1 amide bonds. The maximum Gasteiger partial charge on any atom is 0.416 e. The van der Waals surface area contributed by atoms with Crippen molar-refractivity contribution < 1.29 is 32.2 Å². The van der Waals surface area contributed by atoms with E-state index in [0.29, 0.717) is 81.5 Å². The molecule has 55 heavy (non-hydrogen) atoms. The molecule has 2 heterocycles. The van der Waals surface area contributed by atoms with Crippen molar-refractivity contribution in [2.45, 2.75) is 82.8 Å². The topological polar surface area (TPSA) is 91.6 Å². The van der Waals surface area contributed by atoms with Crippen molar-refractivity contribution in [2.24, 2.45) is 0 Å². The zero-order chi connectivity index (χ0) is 38.9. The van der Waals surface area contributed by atoms with E-state index in [1.54, 1.807) is 30.5 Å². The van der Waals surface area contributed by atoms with Gasteiger partial charge in [0.05, 0.1) is 36.0 Å². The van der Waals surface area contributed by atoms with Crippen molar-refractivity contribution >= 4 is 28.4 Å². The van der Waals surface area contributed by atoms with Gasteiger partial charge in [0.25, 0.3) is 0 Å². The van der Waals surface area contributed by atoms with Crippen molar-refractivity contribution in [3.05, 3.63) is 100.0 Å². The maximum atomic E-state index is 15.4. The van der Waals surface area contributed by atoms with Gasteiger partial charge in [-0.3, -0.25) is 14.4 Å². The van der Waals surface area contributed by atoms with Crippen molar-refractivity contribution in [1.82, 2.24) is 25.3 Å². The first-order chi connectivity index (χ1) is 26.4. The van der Waals surface area contributed by atoms with Crippen LogP contribution in [0.15, 0.2) is 66.9 Å². The maximum absolute atomic E-state index is 15.4. The Labute approximate surface area is 322 Å². The van der Waals surface area contributed by atoms with Crippen molar-refractivity contribution in [1.29, 1.82) is 0 Å². The van der Waals surface area contributed by atoms with Gasteiger partial charge in [0, 0.05) is 65.8 Å². The summed E-state index contributed by atoms with van der Waals surface area (Å²) in [6.45, 7) is 0.717. The van der Waals surface area contributed by atoms with Crippen LogP contribution < -0.4 is 15.4 Å². The molecule has 1 saturated heterocycles. The van der Waals surface area contributed by atoms with Crippen molar-refractivity contribution in [3.63, 3.8) is 0 Å². The van der Waals surface area contributed by atoms with E-state index in [0.717, 1.165) is 25.7 Å². The number of amides is 1. The Bertz CT molecular complexity index is 2180. The number of carbonyl (C=O) groups excluding carboxylic acids is 1. The Morgan fingerprint density at radius 1 is 1.02 bits per heavy atom. The largest absolute Gasteiger partial charge is 0.507 e. The Hall–Kier alpha value is -4.65. The number of hydrogen-bond donors (Lipinski definition) is 3. The van der Waals surface area contributed by atoms with Crippen LogP contribution in [-0.2, 0) is 30.6 Å². The molecular weight excluding hydrogens is 734 g/mol. The third-order valence-electron chi connectivity index (χ3n) is 11.0. The molecule has 1 aliphatic heterocycles. The number of methoxy groups -OCH3 is 1. The minimum absolute atomic E-state index is 0.0103. The molecule has 1 atom stereocenters. The number of alkyl halides is 3. The molecule has 0 bridgehead atoms. The Morgan fingerprint density at radius 3 is 2.47 bits per heavy atom. The molecule has 8 nitrogen and oxygen atoms in total. The number of aromatic hydroxyl groups is 1. The van der Waals surface area contributed by atoms with Gasteiger partial charge in [-0.1, -0.05) is 61.2 Å². The molecule has 0 radical (unpaired) electrons. The zero-order valence-electron chi connectivity index (χ0n) is 30.8. The first-order valence-electron chi connectivity index (χ1n) is 18.6. The average molecular weight is 778 g/mol. The SMILES string of the molecule is COc1cc(Cn2ncc3c(-c4cccc(-c5cc(O)c(CNCC6CCC(=O)N6)c(F)c5)c4Cl)cccc32)c(C(F)(F)F)cc1CN(C)C1CCCCC1. The molecule has 290 valence electrons. The predicted octanol–water partition coefficient (Wildman–Crippen LogP) is 9.08. The molecule has 3 N–H and O–H groups in total. The quantitative estimate of drug-likeness (QED) is 0.110. The molecule has 1 saturated carbocycles. The number of benzene rings is 4. The molecule has 0 spiro atoms. The summed E-state index contributed by atoms with van der Waals surface area (Å²) in [5.41, 5.74) is 2.66. The Balaban J connectivity index is 1.16. The molecule has 1 aromatic heterocycles. The predicted molar refractivity (Wildman–Crippen MR) is 206 cm³/mol. The monoisotopic (exact) mass is 777 g/mol. The molecule has 2 aliphatic rings. The molecule has 2 fully saturated rings. The normalized spacial score (nSPS) is 16.7. The molecule has 4 aromatic carbocycles. The van der Waals surface area contributed by atoms with Crippen molar-refractivity contribution in [2.75, 3.05) is 20.7 Å². The second-order valence-corrected chi connectivity index (χ2v) is 15.0. The highest BCUT2D eigenvalue weighted by atomic mass is 35.5. The van der Waals surface area contributed by atoms with Gasteiger partial charge in [-0.05, 0) is 73.3 Å². The van der Waals surface area contributed by atoms with Gasteiger partial charge >= 0.3 is 6.18 Å². The second-order valence-electron chi connectivity index (χ2n) is 14.6. The Morgan fingerprint density at radius 2 is 1.76 bits per heavy atom. The number of ether oxygens (including phenoxy) is 1. The number of carbonyl (C=O) groups is 1. The van der Waals surface area contributed by atoms with Gasteiger partial charge in [-0.25, -0.2) is 4.39 Å². The van der Waals surface area contributed by atoms with Gasteiger partial charge in [-0.2, -0.15) is 18.3 Å². The first-order valence-corrected chi connectivity index (χ1v) is 19.0. The number of phenolic OH excluding ortho intramolecular Hbond substituents is 1. The van der Waals surface area contributed by atoms with Crippen LogP contribution >= 0.6 is 11.6 Å². The number of nitrogens with one attached hydrogen (secondary N) is 2. The number of fused-ring (bicyclic) bond motifs is 1. The molecule has 1 unspecified atom stereocenters. The standard InChI is InChI=1S/C42H44ClF4N5O3/c1-51(29-8-4-3-5-9-29)23-27-16-35(42(45,46)47)26(19-39(27)55-2)24-52-37-13-7-11-31(33(37)22-49-52)32-12-6-10-30(41(32)43)25-17-36(44)34(38(53)18-25)21-48-20-28-14-15-40(54)50-28/h6-7,10-13,16-19,22,28-29,48,53H,3-5,8-9,14-15,20-21,23-24H2,1-2H3,(H,50,54).